The standard InChI is InChI=1S/C16H22F3NO/c1-2-3-4-12-5-7-13(8-6-12)14-9-10-15(20-11-14)21-16(17,18)19/h9-13H,2-8H2,1H3. The van der Waals surface area contributed by atoms with E-state index in [-0.39, 0.29) is 5.88 Å². The lowest BCUT2D eigenvalue weighted by atomic mass is 9.77. The Kier molecular flexibility index (Phi) is 5.48. The topological polar surface area (TPSA) is 22.1 Å². The summed E-state index contributed by atoms with van der Waals surface area (Å²) in [6, 6.07) is 3.02. The molecule has 0 amide bonds. The molecule has 1 aliphatic rings. The molecule has 1 fully saturated rings. The summed E-state index contributed by atoms with van der Waals surface area (Å²) in [6.07, 6.45) is 5.33. The molecule has 21 heavy (non-hydrogen) atoms. The molecule has 0 atom stereocenters. The maximum Gasteiger partial charge on any atom is 0.574 e. The second kappa shape index (κ2) is 7.14. The van der Waals surface area contributed by atoms with Gasteiger partial charge in [-0.25, -0.2) is 4.98 Å². The van der Waals surface area contributed by atoms with Gasteiger partial charge in [-0.2, -0.15) is 0 Å². The van der Waals surface area contributed by atoms with Crippen molar-refractivity contribution in [2.24, 2.45) is 5.92 Å². The summed E-state index contributed by atoms with van der Waals surface area (Å²) in [5.41, 5.74) is 1.03. The van der Waals surface area contributed by atoms with Crippen LogP contribution in [0, 0.1) is 5.92 Å². The van der Waals surface area contributed by atoms with Crippen molar-refractivity contribution in [2.45, 2.75) is 64.1 Å². The third kappa shape index (κ3) is 5.21. The van der Waals surface area contributed by atoms with Crippen LogP contribution >= 0.6 is 0 Å². The summed E-state index contributed by atoms with van der Waals surface area (Å²) in [4.78, 5) is 3.77. The van der Waals surface area contributed by atoms with Crippen LogP contribution in [0.2, 0.25) is 0 Å². The van der Waals surface area contributed by atoms with E-state index in [2.05, 4.69) is 16.6 Å². The number of ether oxygens (including phenoxy) is 1. The summed E-state index contributed by atoms with van der Waals surface area (Å²) in [5, 5.41) is 0. The molecular formula is C16H22F3NO. The van der Waals surface area contributed by atoms with Crippen LogP contribution in [0.4, 0.5) is 13.2 Å². The van der Waals surface area contributed by atoms with Gasteiger partial charge in [0, 0.05) is 12.3 Å². The van der Waals surface area contributed by atoms with E-state index in [1.165, 1.54) is 44.4 Å². The molecule has 1 saturated carbocycles. The first-order chi connectivity index (χ1) is 9.98. The Balaban J connectivity index is 1.86. The van der Waals surface area contributed by atoms with Gasteiger partial charge in [0.05, 0.1) is 0 Å². The van der Waals surface area contributed by atoms with Crippen LogP contribution in [0.1, 0.15) is 63.4 Å². The SMILES string of the molecule is CCCCC1CCC(c2ccc(OC(F)(F)F)nc2)CC1. The molecule has 0 bridgehead atoms. The molecule has 0 aromatic carbocycles. The third-order valence-electron chi connectivity index (χ3n) is 4.26. The van der Waals surface area contributed by atoms with E-state index in [1.54, 1.807) is 6.07 Å². The number of halogens is 3. The molecule has 0 N–H and O–H groups in total. The Bertz CT molecular complexity index is 422. The van der Waals surface area contributed by atoms with Crippen molar-refractivity contribution < 1.29 is 17.9 Å². The average Bonchev–Trinajstić information content (AvgIpc) is 2.45. The van der Waals surface area contributed by atoms with Gasteiger partial charge in [-0.3, -0.25) is 0 Å². The van der Waals surface area contributed by atoms with E-state index >= 15 is 0 Å². The highest BCUT2D eigenvalue weighted by Gasteiger charge is 2.31. The fourth-order valence-electron chi connectivity index (χ4n) is 3.09. The molecule has 0 radical (unpaired) electrons. The summed E-state index contributed by atoms with van der Waals surface area (Å²) in [5.74, 6) is 0.861. The molecule has 2 nitrogen and oxygen atoms in total. The fourth-order valence-corrected chi connectivity index (χ4v) is 3.09. The van der Waals surface area contributed by atoms with Gasteiger partial charge >= 0.3 is 6.36 Å². The first-order valence-electron chi connectivity index (χ1n) is 7.69. The van der Waals surface area contributed by atoms with E-state index in [4.69, 9.17) is 0 Å². The van der Waals surface area contributed by atoms with E-state index in [0.29, 0.717) is 5.92 Å². The van der Waals surface area contributed by atoms with E-state index in [1.807, 2.05) is 0 Å². The molecule has 0 saturated heterocycles. The minimum absolute atomic E-state index is 0.386. The number of unbranched alkanes of at least 4 members (excludes halogenated alkanes) is 1. The van der Waals surface area contributed by atoms with Crippen molar-refractivity contribution in [3.8, 4) is 5.88 Å². The van der Waals surface area contributed by atoms with E-state index in [0.717, 1.165) is 24.3 Å². The molecule has 0 unspecified atom stereocenters. The van der Waals surface area contributed by atoms with Crippen LogP contribution < -0.4 is 4.74 Å². The molecule has 1 aliphatic carbocycles. The van der Waals surface area contributed by atoms with Gasteiger partial charge in [0.15, 0.2) is 0 Å². The van der Waals surface area contributed by atoms with E-state index < -0.39 is 6.36 Å². The minimum Gasteiger partial charge on any atom is -0.388 e. The van der Waals surface area contributed by atoms with Crippen molar-refractivity contribution in [2.75, 3.05) is 0 Å². The van der Waals surface area contributed by atoms with Crippen LogP contribution in [-0.4, -0.2) is 11.3 Å². The number of nitrogens with zero attached hydrogens (tertiary/aromatic N) is 1. The molecule has 2 rings (SSSR count). The zero-order valence-electron chi connectivity index (χ0n) is 12.3. The predicted molar refractivity (Wildman–Crippen MR) is 75.1 cm³/mol. The van der Waals surface area contributed by atoms with Gasteiger partial charge in [0.1, 0.15) is 0 Å². The zero-order chi connectivity index (χ0) is 15.3. The van der Waals surface area contributed by atoms with Gasteiger partial charge < -0.3 is 4.74 Å². The van der Waals surface area contributed by atoms with Crippen LogP contribution in [-0.2, 0) is 0 Å². The average molecular weight is 301 g/mol. The number of hydrogen-bond acceptors (Lipinski definition) is 2. The van der Waals surface area contributed by atoms with Crippen molar-refractivity contribution in [1.82, 2.24) is 4.98 Å². The lowest BCUT2D eigenvalue weighted by Gasteiger charge is -2.28. The van der Waals surface area contributed by atoms with Crippen molar-refractivity contribution in [1.29, 1.82) is 0 Å². The molecule has 0 spiro atoms. The Morgan fingerprint density at radius 3 is 2.43 bits per heavy atom. The molecule has 5 heteroatoms. The fraction of sp³-hybridized carbons (Fsp3) is 0.688. The molecule has 118 valence electrons. The number of alkyl halides is 3. The van der Waals surface area contributed by atoms with Gasteiger partial charge in [-0.1, -0.05) is 32.3 Å². The minimum atomic E-state index is -4.67. The quantitative estimate of drug-likeness (QED) is 0.722. The molecule has 0 aliphatic heterocycles. The lowest BCUT2D eigenvalue weighted by Crippen LogP contribution is -2.18. The van der Waals surface area contributed by atoms with Crippen LogP contribution in [0.5, 0.6) is 5.88 Å². The van der Waals surface area contributed by atoms with Gasteiger partial charge in [0.2, 0.25) is 5.88 Å². The summed E-state index contributed by atoms with van der Waals surface area (Å²) in [6.45, 7) is 2.21. The highest BCUT2D eigenvalue weighted by molar-refractivity contribution is 5.21. The molecule has 1 aromatic rings. The van der Waals surface area contributed by atoms with Crippen LogP contribution in [0.25, 0.3) is 0 Å². The molecule has 1 aromatic heterocycles. The van der Waals surface area contributed by atoms with Crippen molar-refractivity contribution in [3.63, 3.8) is 0 Å². The Morgan fingerprint density at radius 1 is 1.19 bits per heavy atom. The van der Waals surface area contributed by atoms with Gasteiger partial charge in [-0.15, -0.1) is 13.2 Å². The monoisotopic (exact) mass is 301 g/mol. The highest BCUT2D eigenvalue weighted by atomic mass is 19.4. The summed E-state index contributed by atoms with van der Waals surface area (Å²) < 4.78 is 40.0. The predicted octanol–water partition coefficient (Wildman–Crippen LogP) is 5.44. The van der Waals surface area contributed by atoms with Gasteiger partial charge in [0.25, 0.3) is 0 Å². The first-order valence-corrected chi connectivity index (χ1v) is 7.69. The smallest absolute Gasteiger partial charge is 0.388 e. The number of rotatable bonds is 5. The maximum atomic E-state index is 12.1. The molecule has 1 heterocycles. The van der Waals surface area contributed by atoms with Crippen molar-refractivity contribution in [3.05, 3.63) is 23.9 Å². The van der Waals surface area contributed by atoms with Crippen LogP contribution in [0.3, 0.4) is 0 Å². The second-order valence-electron chi connectivity index (χ2n) is 5.84. The lowest BCUT2D eigenvalue weighted by molar-refractivity contribution is -0.276. The Hall–Kier alpha value is -1.26. The summed E-state index contributed by atoms with van der Waals surface area (Å²) >= 11 is 0. The van der Waals surface area contributed by atoms with Gasteiger partial charge in [-0.05, 0) is 43.1 Å². The number of aromatic nitrogens is 1. The van der Waals surface area contributed by atoms with Crippen LogP contribution in [0.15, 0.2) is 18.3 Å². The first kappa shape index (κ1) is 16.1. The largest absolute Gasteiger partial charge is 0.574 e. The van der Waals surface area contributed by atoms with Crippen molar-refractivity contribution >= 4 is 0 Å². The maximum absolute atomic E-state index is 12.1. The highest BCUT2D eigenvalue weighted by Crippen LogP contribution is 2.37. The number of pyridine rings is 1. The number of hydrogen-bond donors (Lipinski definition) is 0. The third-order valence-corrected chi connectivity index (χ3v) is 4.26. The second-order valence-corrected chi connectivity index (χ2v) is 5.84. The Morgan fingerprint density at radius 2 is 1.90 bits per heavy atom. The molecular weight excluding hydrogens is 279 g/mol. The Labute approximate surface area is 123 Å². The summed E-state index contributed by atoms with van der Waals surface area (Å²) in [7, 11) is 0. The zero-order valence-corrected chi connectivity index (χ0v) is 12.3. The normalized spacial score (nSPS) is 23.0. The van der Waals surface area contributed by atoms with E-state index in [9.17, 15) is 13.2 Å².